The summed E-state index contributed by atoms with van der Waals surface area (Å²) in [6.45, 7) is 19.6. The highest BCUT2D eigenvalue weighted by Crippen LogP contribution is 2.54. The molecule has 132 valence electrons. The molecule has 1 aliphatic heterocycles. The maximum absolute atomic E-state index is 11.0. The van der Waals surface area contributed by atoms with Crippen molar-refractivity contribution in [3.63, 3.8) is 0 Å². The Kier molecular flexibility index (Phi) is 4.88. The fraction of sp³-hybridized carbons (Fsp3) is 0.833. The van der Waals surface area contributed by atoms with Gasteiger partial charge in [-0.25, -0.2) is 0 Å². The molecule has 2 fully saturated rings. The quantitative estimate of drug-likeness (QED) is 0.335. The summed E-state index contributed by atoms with van der Waals surface area (Å²) in [6, 6.07) is 0. The second kappa shape index (κ2) is 6.01. The first-order chi connectivity index (χ1) is 10.4. The molecule has 2 aliphatic rings. The molecule has 0 amide bonds. The van der Waals surface area contributed by atoms with Crippen LogP contribution in [0.5, 0.6) is 0 Å². The minimum atomic E-state index is -1.86. The van der Waals surface area contributed by atoms with Crippen molar-refractivity contribution < 1.29 is 18.7 Å². The number of epoxide rings is 1. The Balaban J connectivity index is 2.09. The summed E-state index contributed by atoms with van der Waals surface area (Å²) < 4.78 is 17.7. The van der Waals surface area contributed by atoms with Gasteiger partial charge in [0.25, 0.3) is 0 Å². The fourth-order valence-corrected chi connectivity index (χ4v) is 4.51. The van der Waals surface area contributed by atoms with Gasteiger partial charge in [0, 0.05) is 6.92 Å². The summed E-state index contributed by atoms with van der Waals surface area (Å²) in [7, 11) is -1.86. The van der Waals surface area contributed by atoms with Gasteiger partial charge in [-0.15, -0.1) is 0 Å². The predicted molar refractivity (Wildman–Crippen MR) is 93.8 cm³/mol. The van der Waals surface area contributed by atoms with Crippen LogP contribution in [0.2, 0.25) is 18.1 Å². The minimum absolute atomic E-state index is 0.0435. The van der Waals surface area contributed by atoms with Crippen LogP contribution in [0, 0.1) is 5.92 Å². The predicted octanol–water partition coefficient (Wildman–Crippen LogP) is 4.06. The van der Waals surface area contributed by atoms with Crippen LogP contribution in [-0.4, -0.2) is 38.7 Å². The van der Waals surface area contributed by atoms with Gasteiger partial charge in [-0.3, -0.25) is 4.79 Å². The Hall–Kier alpha value is -0.653. The molecule has 5 heteroatoms. The fourth-order valence-electron chi connectivity index (χ4n) is 3.21. The molecule has 3 unspecified atom stereocenters. The SMILES string of the molecule is C=C1C(O[Si](C)(C)C(C)(C)C)C[C@@H](C)CC12OC2COC(C)=O. The average Bonchev–Trinajstić information content (AvgIpc) is 3.05. The lowest BCUT2D eigenvalue weighted by Gasteiger charge is -2.43. The van der Waals surface area contributed by atoms with E-state index >= 15 is 0 Å². The summed E-state index contributed by atoms with van der Waals surface area (Å²) in [5.41, 5.74) is 0.692. The van der Waals surface area contributed by atoms with E-state index in [9.17, 15) is 4.79 Å². The summed E-state index contributed by atoms with van der Waals surface area (Å²) in [4.78, 5) is 11.0. The van der Waals surface area contributed by atoms with Gasteiger partial charge in [0.15, 0.2) is 8.32 Å². The highest BCUT2D eigenvalue weighted by Gasteiger charge is 2.63. The second-order valence-electron chi connectivity index (χ2n) is 8.74. The van der Waals surface area contributed by atoms with Gasteiger partial charge in [0.2, 0.25) is 0 Å². The molecule has 0 aromatic carbocycles. The van der Waals surface area contributed by atoms with Crippen LogP contribution >= 0.6 is 0 Å². The van der Waals surface area contributed by atoms with Crippen molar-refractivity contribution in [3.05, 3.63) is 12.2 Å². The molecule has 4 nitrogen and oxygen atoms in total. The molecule has 1 saturated heterocycles. The van der Waals surface area contributed by atoms with Gasteiger partial charge < -0.3 is 13.9 Å². The van der Waals surface area contributed by atoms with Crippen molar-refractivity contribution in [3.8, 4) is 0 Å². The van der Waals surface area contributed by atoms with E-state index in [1.807, 2.05) is 0 Å². The summed E-state index contributed by atoms with van der Waals surface area (Å²) in [5, 5.41) is 0.169. The molecule has 0 aromatic heterocycles. The summed E-state index contributed by atoms with van der Waals surface area (Å²) >= 11 is 0. The normalized spacial score (nSPS) is 34.6. The molecular weight excluding hydrogens is 308 g/mol. The molecular formula is C18H32O4Si. The lowest BCUT2D eigenvalue weighted by atomic mass is 9.75. The topological polar surface area (TPSA) is 48.1 Å². The van der Waals surface area contributed by atoms with Crippen LogP contribution in [0.1, 0.15) is 47.5 Å². The molecule has 0 radical (unpaired) electrons. The first-order valence-electron chi connectivity index (χ1n) is 8.57. The van der Waals surface area contributed by atoms with Gasteiger partial charge in [-0.1, -0.05) is 34.3 Å². The van der Waals surface area contributed by atoms with E-state index in [1.165, 1.54) is 6.92 Å². The highest BCUT2D eigenvalue weighted by molar-refractivity contribution is 6.74. The van der Waals surface area contributed by atoms with Crippen molar-refractivity contribution in [1.29, 1.82) is 0 Å². The first kappa shape index (κ1) is 18.7. The van der Waals surface area contributed by atoms with E-state index in [1.54, 1.807) is 0 Å². The first-order valence-corrected chi connectivity index (χ1v) is 11.5. The lowest BCUT2D eigenvalue weighted by molar-refractivity contribution is -0.141. The van der Waals surface area contributed by atoms with Crippen LogP contribution in [0.4, 0.5) is 0 Å². The zero-order valence-corrected chi connectivity index (χ0v) is 16.7. The monoisotopic (exact) mass is 340 g/mol. The third-order valence-electron chi connectivity index (χ3n) is 5.70. The summed E-state index contributed by atoms with van der Waals surface area (Å²) in [5.74, 6) is 0.247. The number of ether oxygens (including phenoxy) is 2. The van der Waals surface area contributed by atoms with Crippen molar-refractivity contribution in [1.82, 2.24) is 0 Å². The molecule has 1 spiro atoms. The van der Waals surface area contributed by atoms with E-state index in [4.69, 9.17) is 13.9 Å². The van der Waals surface area contributed by atoms with E-state index in [2.05, 4.69) is 47.4 Å². The Morgan fingerprint density at radius 1 is 1.43 bits per heavy atom. The Labute approximate surface area is 141 Å². The number of rotatable bonds is 4. The van der Waals surface area contributed by atoms with Crippen LogP contribution in [0.25, 0.3) is 0 Å². The van der Waals surface area contributed by atoms with Gasteiger partial charge in [0.1, 0.15) is 18.3 Å². The number of hydrogen-bond acceptors (Lipinski definition) is 4. The third-order valence-corrected chi connectivity index (χ3v) is 10.2. The van der Waals surface area contributed by atoms with Crippen molar-refractivity contribution in [2.75, 3.05) is 6.61 Å². The van der Waals surface area contributed by atoms with Crippen molar-refractivity contribution in [2.45, 2.75) is 83.4 Å². The zero-order chi connectivity index (χ0) is 17.6. The average molecular weight is 341 g/mol. The number of carbonyl (C=O) groups excluding carboxylic acids is 1. The highest BCUT2D eigenvalue weighted by atomic mass is 28.4. The van der Waals surface area contributed by atoms with E-state index in [0.29, 0.717) is 12.5 Å². The molecule has 2 rings (SSSR count). The second-order valence-corrected chi connectivity index (χ2v) is 13.5. The van der Waals surface area contributed by atoms with E-state index in [-0.39, 0.29) is 28.8 Å². The van der Waals surface area contributed by atoms with Crippen molar-refractivity contribution >= 4 is 14.3 Å². The standard InChI is InChI=1S/C18H32O4Si/c1-12-9-15(22-23(7,8)17(4,5)6)13(2)18(10-12)16(21-18)11-20-14(3)19/h12,15-16H,2,9-11H2,1,3-8H3/t12-,15?,16?,18?/m1/s1. The third kappa shape index (κ3) is 3.72. The number of esters is 1. The Bertz CT molecular complexity index is 494. The molecule has 4 atom stereocenters. The molecule has 1 heterocycles. The minimum Gasteiger partial charge on any atom is -0.463 e. The summed E-state index contributed by atoms with van der Waals surface area (Å²) in [6.07, 6.45) is 1.92. The molecule has 1 aliphatic carbocycles. The maximum atomic E-state index is 11.0. The Morgan fingerprint density at radius 3 is 2.57 bits per heavy atom. The largest absolute Gasteiger partial charge is 0.463 e. The molecule has 1 saturated carbocycles. The maximum Gasteiger partial charge on any atom is 0.302 e. The van der Waals surface area contributed by atoms with E-state index < -0.39 is 8.32 Å². The van der Waals surface area contributed by atoms with Crippen molar-refractivity contribution in [2.24, 2.45) is 5.92 Å². The van der Waals surface area contributed by atoms with Crippen LogP contribution in [0.15, 0.2) is 12.2 Å². The zero-order valence-electron chi connectivity index (χ0n) is 15.7. The van der Waals surface area contributed by atoms with Gasteiger partial charge >= 0.3 is 5.97 Å². The van der Waals surface area contributed by atoms with E-state index in [0.717, 1.165) is 18.4 Å². The molecule has 0 aromatic rings. The van der Waals surface area contributed by atoms with Gasteiger partial charge in [-0.05, 0) is 42.5 Å². The molecule has 0 N–H and O–H groups in total. The van der Waals surface area contributed by atoms with Crippen LogP contribution in [-0.2, 0) is 18.7 Å². The smallest absolute Gasteiger partial charge is 0.302 e. The number of hydrogen-bond donors (Lipinski definition) is 0. The number of carbonyl (C=O) groups is 1. The van der Waals surface area contributed by atoms with Gasteiger partial charge in [-0.2, -0.15) is 0 Å². The van der Waals surface area contributed by atoms with Crippen LogP contribution in [0.3, 0.4) is 0 Å². The Morgan fingerprint density at radius 2 is 2.04 bits per heavy atom. The lowest BCUT2D eigenvalue weighted by Crippen LogP contribution is -2.48. The molecule has 0 bridgehead atoms. The van der Waals surface area contributed by atoms with Crippen LogP contribution < -0.4 is 0 Å². The van der Waals surface area contributed by atoms with Gasteiger partial charge in [0.05, 0.1) is 6.10 Å². The molecule has 23 heavy (non-hydrogen) atoms.